The Morgan fingerprint density at radius 1 is 1.29 bits per heavy atom. The zero-order valence-corrected chi connectivity index (χ0v) is 10.5. The van der Waals surface area contributed by atoms with Gasteiger partial charge in [0, 0.05) is 19.1 Å². The van der Waals surface area contributed by atoms with Crippen LogP contribution in [0, 0.1) is 5.92 Å². The Labute approximate surface area is 101 Å². The van der Waals surface area contributed by atoms with Crippen molar-refractivity contribution in [3.8, 4) is 0 Å². The summed E-state index contributed by atoms with van der Waals surface area (Å²) in [5.74, 6) is 0.473. The number of nitrogens with one attached hydrogen (secondary N) is 2. The SMILES string of the molecule is CC1CC1NS(=O)(=O)c1ccc2c(c1)CNC2. The molecule has 1 aromatic carbocycles. The number of hydrogen-bond donors (Lipinski definition) is 2. The van der Waals surface area contributed by atoms with E-state index in [9.17, 15) is 8.42 Å². The normalized spacial score (nSPS) is 26.9. The monoisotopic (exact) mass is 252 g/mol. The van der Waals surface area contributed by atoms with Gasteiger partial charge in [0.05, 0.1) is 4.90 Å². The molecule has 0 spiro atoms. The maximum Gasteiger partial charge on any atom is 0.240 e. The summed E-state index contributed by atoms with van der Waals surface area (Å²) in [4.78, 5) is 0.388. The number of sulfonamides is 1. The van der Waals surface area contributed by atoms with E-state index in [2.05, 4.69) is 17.0 Å². The van der Waals surface area contributed by atoms with Crippen LogP contribution < -0.4 is 10.0 Å². The minimum Gasteiger partial charge on any atom is -0.309 e. The third kappa shape index (κ3) is 2.10. The van der Waals surface area contributed by atoms with Crippen molar-refractivity contribution in [2.45, 2.75) is 37.4 Å². The lowest BCUT2D eigenvalue weighted by Crippen LogP contribution is -2.26. The van der Waals surface area contributed by atoms with Crippen molar-refractivity contribution in [3.63, 3.8) is 0 Å². The number of benzene rings is 1. The summed E-state index contributed by atoms with van der Waals surface area (Å²) < 4.78 is 26.9. The third-order valence-corrected chi connectivity index (χ3v) is 5.02. The van der Waals surface area contributed by atoms with E-state index < -0.39 is 10.0 Å². The van der Waals surface area contributed by atoms with E-state index >= 15 is 0 Å². The van der Waals surface area contributed by atoms with Crippen LogP contribution in [-0.4, -0.2) is 14.5 Å². The van der Waals surface area contributed by atoms with Gasteiger partial charge < -0.3 is 5.32 Å². The average Bonchev–Trinajstić information content (AvgIpc) is 2.81. The van der Waals surface area contributed by atoms with Gasteiger partial charge in [0.15, 0.2) is 0 Å². The van der Waals surface area contributed by atoms with E-state index in [0.717, 1.165) is 25.1 Å². The van der Waals surface area contributed by atoms with Crippen LogP contribution in [0.25, 0.3) is 0 Å². The molecule has 92 valence electrons. The first-order valence-corrected chi connectivity index (χ1v) is 7.39. The minimum atomic E-state index is -3.33. The summed E-state index contributed by atoms with van der Waals surface area (Å²) in [6.45, 7) is 3.65. The van der Waals surface area contributed by atoms with E-state index in [-0.39, 0.29) is 6.04 Å². The Hall–Kier alpha value is -0.910. The summed E-state index contributed by atoms with van der Waals surface area (Å²) in [6, 6.07) is 5.51. The van der Waals surface area contributed by atoms with Crippen LogP contribution in [0.15, 0.2) is 23.1 Å². The van der Waals surface area contributed by atoms with Crippen molar-refractivity contribution in [1.82, 2.24) is 10.0 Å². The van der Waals surface area contributed by atoms with Gasteiger partial charge in [0.1, 0.15) is 0 Å². The van der Waals surface area contributed by atoms with Crippen molar-refractivity contribution >= 4 is 10.0 Å². The molecule has 0 aromatic heterocycles. The molecular weight excluding hydrogens is 236 g/mol. The van der Waals surface area contributed by atoms with E-state index in [0.29, 0.717) is 10.8 Å². The highest BCUT2D eigenvalue weighted by atomic mass is 32.2. The summed E-state index contributed by atoms with van der Waals surface area (Å²) in [6.07, 6.45) is 0.950. The van der Waals surface area contributed by atoms with Crippen molar-refractivity contribution in [3.05, 3.63) is 29.3 Å². The predicted molar refractivity (Wildman–Crippen MR) is 64.9 cm³/mol. The topological polar surface area (TPSA) is 58.2 Å². The van der Waals surface area contributed by atoms with Crippen LogP contribution in [0.4, 0.5) is 0 Å². The van der Waals surface area contributed by atoms with E-state index in [1.165, 1.54) is 5.56 Å². The highest BCUT2D eigenvalue weighted by Gasteiger charge is 2.36. The fourth-order valence-corrected chi connectivity index (χ4v) is 3.60. The summed E-state index contributed by atoms with van der Waals surface area (Å²) in [7, 11) is -3.33. The highest BCUT2D eigenvalue weighted by Crippen LogP contribution is 2.31. The minimum absolute atomic E-state index is 0.131. The fraction of sp³-hybridized carbons (Fsp3) is 0.500. The van der Waals surface area contributed by atoms with Gasteiger partial charge in [-0.1, -0.05) is 13.0 Å². The van der Waals surface area contributed by atoms with E-state index in [1.54, 1.807) is 12.1 Å². The molecule has 0 saturated heterocycles. The molecule has 17 heavy (non-hydrogen) atoms. The third-order valence-electron chi connectivity index (χ3n) is 3.53. The molecule has 4 nitrogen and oxygen atoms in total. The van der Waals surface area contributed by atoms with Crippen LogP contribution >= 0.6 is 0 Å². The van der Waals surface area contributed by atoms with Gasteiger partial charge in [-0.2, -0.15) is 0 Å². The zero-order chi connectivity index (χ0) is 12.0. The van der Waals surface area contributed by atoms with Crippen molar-refractivity contribution < 1.29 is 8.42 Å². The van der Waals surface area contributed by atoms with Crippen LogP contribution in [0.5, 0.6) is 0 Å². The molecule has 2 aliphatic rings. The molecule has 2 atom stereocenters. The van der Waals surface area contributed by atoms with Gasteiger partial charge in [-0.15, -0.1) is 0 Å². The first-order valence-electron chi connectivity index (χ1n) is 5.91. The van der Waals surface area contributed by atoms with Crippen LogP contribution in [0.3, 0.4) is 0 Å². The summed E-state index contributed by atoms with van der Waals surface area (Å²) in [5.41, 5.74) is 2.29. The Bertz CT molecular complexity index is 554. The number of fused-ring (bicyclic) bond motifs is 1. The largest absolute Gasteiger partial charge is 0.309 e. The lowest BCUT2D eigenvalue weighted by molar-refractivity contribution is 0.578. The zero-order valence-electron chi connectivity index (χ0n) is 9.73. The molecule has 1 aromatic rings. The molecule has 2 unspecified atom stereocenters. The van der Waals surface area contributed by atoms with Gasteiger partial charge in [-0.3, -0.25) is 0 Å². The van der Waals surface area contributed by atoms with Gasteiger partial charge in [0.2, 0.25) is 10.0 Å². The number of rotatable bonds is 3. The second-order valence-corrected chi connectivity index (χ2v) is 6.69. The maximum atomic E-state index is 12.1. The molecule has 2 N–H and O–H groups in total. The van der Waals surface area contributed by atoms with Crippen molar-refractivity contribution in [2.24, 2.45) is 5.92 Å². The maximum absolute atomic E-state index is 12.1. The van der Waals surface area contributed by atoms with Gasteiger partial charge in [-0.05, 0) is 35.6 Å². The predicted octanol–water partition coefficient (Wildman–Crippen LogP) is 0.976. The molecule has 0 bridgehead atoms. The molecule has 0 amide bonds. The molecule has 1 saturated carbocycles. The van der Waals surface area contributed by atoms with Crippen molar-refractivity contribution in [2.75, 3.05) is 0 Å². The first-order chi connectivity index (χ1) is 8.06. The smallest absolute Gasteiger partial charge is 0.240 e. The highest BCUT2D eigenvalue weighted by molar-refractivity contribution is 7.89. The van der Waals surface area contributed by atoms with Crippen LogP contribution in [0.1, 0.15) is 24.5 Å². The lowest BCUT2D eigenvalue weighted by atomic mass is 10.1. The molecule has 5 heteroatoms. The molecule has 1 heterocycles. The van der Waals surface area contributed by atoms with Crippen molar-refractivity contribution in [1.29, 1.82) is 0 Å². The molecule has 1 aliphatic heterocycles. The molecule has 0 radical (unpaired) electrons. The molecule has 1 fully saturated rings. The first kappa shape index (κ1) is 11.2. The van der Waals surface area contributed by atoms with E-state index in [4.69, 9.17) is 0 Å². The second kappa shape index (κ2) is 3.80. The van der Waals surface area contributed by atoms with Crippen LogP contribution in [0.2, 0.25) is 0 Å². The van der Waals surface area contributed by atoms with Crippen LogP contribution in [-0.2, 0) is 23.1 Å². The Kier molecular flexibility index (Phi) is 2.50. The Morgan fingerprint density at radius 3 is 2.71 bits per heavy atom. The molecule has 3 rings (SSSR count). The van der Waals surface area contributed by atoms with Gasteiger partial charge >= 0.3 is 0 Å². The fourth-order valence-electron chi connectivity index (χ4n) is 2.19. The quantitative estimate of drug-likeness (QED) is 0.843. The van der Waals surface area contributed by atoms with Gasteiger partial charge in [0.25, 0.3) is 0 Å². The van der Waals surface area contributed by atoms with E-state index in [1.807, 2.05) is 6.07 Å². The average molecular weight is 252 g/mol. The lowest BCUT2D eigenvalue weighted by Gasteiger charge is -2.07. The molecule has 1 aliphatic carbocycles. The number of hydrogen-bond acceptors (Lipinski definition) is 3. The summed E-state index contributed by atoms with van der Waals surface area (Å²) >= 11 is 0. The van der Waals surface area contributed by atoms with Gasteiger partial charge in [-0.25, -0.2) is 13.1 Å². The standard InChI is InChI=1S/C12H16N2O2S/c1-8-4-12(8)14-17(15,16)11-3-2-9-6-13-7-10(9)5-11/h2-3,5,8,12-14H,4,6-7H2,1H3. The Morgan fingerprint density at radius 2 is 2.00 bits per heavy atom. The summed E-state index contributed by atoms with van der Waals surface area (Å²) in [5, 5.41) is 3.21. The Balaban J connectivity index is 1.88. The molecular formula is C12H16N2O2S. The second-order valence-electron chi connectivity index (χ2n) is 4.97.